The van der Waals surface area contributed by atoms with E-state index >= 15 is 0 Å². The minimum Gasteiger partial charge on any atom is -0.338 e. The lowest BCUT2D eigenvalue weighted by molar-refractivity contribution is 0.0785. The third-order valence-corrected chi connectivity index (χ3v) is 3.45. The molecule has 1 saturated heterocycles. The smallest absolute Gasteiger partial charge is 0.257 e. The number of pyridine rings is 1. The Balaban J connectivity index is 2.20. The normalized spacial score (nSPS) is 23.8. The summed E-state index contributed by atoms with van der Waals surface area (Å²) in [6.07, 6.45) is 1.61. The number of hydrogen-bond acceptors (Lipinski definition) is 4. The van der Waals surface area contributed by atoms with Gasteiger partial charge in [-0.2, -0.15) is 0 Å². The summed E-state index contributed by atoms with van der Waals surface area (Å²) in [5.74, 6) is 6.89. The number of nitrogens with two attached hydrogens (primary N) is 1. The number of rotatable bonds is 2. The van der Waals surface area contributed by atoms with Crippen LogP contribution in [0.4, 0.5) is 5.82 Å². The maximum absolute atomic E-state index is 12.3. The van der Waals surface area contributed by atoms with E-state index in [2.05, 4.69) is 24.3 Å². The van der Waals surface area contributed by atoms with Crippen molar-refractivity contribution >= 4 is 11.7 Å². The molecule has 1 aromatic heterocycles. The van der Waals surface area contributed by atoms with E-state index in [-0.39, 0.29) is 5.91 Å². The van der Waals surface area contributed by atoms with Gasteiger partial charge in [-0.3, -0.25) is 4.79 Å². The SMILES string of the molecule is CC1CN(C(=O)c2cccnc2NN)CC1C. The molecule has 0 aromatic carbocycles. The molecule has 5 heteroatoms. The Morgan fingerprint density at radius 1 is 1.47 bits per heavy atom. The highest BCUT2D eigenvalue weighted by atomic mass is 16.2. The van der Waals surface area contributed by atoms with Crippen molar-refractivity contribution in [3.8, 4) is 0 Å². The van der Waals surface area contributed by atoms with Crippen LogP contribution in [-0.4, -0.2) is 28.9 Å². The van der Waals surface area contributed by atoms with Gasteiger partial charge in [0.15, 0.2) is 5.82 Å². The fraction of sp³-hybridized carbons (Fsp3) is 0.500. The molecule has 0 aliphatic carbocycles. The van der Waals surface area contributed by atoms with Crippen LogP contribution in [0, 0.1) is 11.8 Å². The van der Waals surface area contributed by atoms with Crippen molar-refractivity contribution in [2.45, 2.75) is 13.8 Å². The van der Waals surface area contributed by atoms with E-state index in [0.29, 0.717) is 23.2 Å². The third-order valence-electron chi connectivity index (χ3n) is 3.45. The highest BCUT2D eigenvalue weighted by Gasteiger charge is 2.30. The lowest BCUT2D eigenvalue weighted by Gasteiger charge is -2.17. The maximum atomic E-state index is 12.3. The first-order valence-electron chi connectivity index (χ1n) is 5.84. The van der Waals surface area contributed by atoms with Gasteiger partial charge in [0.05, 0.1) is 5.56 Å². The molecule has 0 radical (unpaired) electrons. The minimum absolute atomic E-state index is 0.00208. The van der Waals surface area contributed by atoms with Gasteiger partial charge in [-0.05, 0) is 24.0 Å². The number of nitrogen functional groups attached to an aromatic ring is 1. The molecule has 2 heterocycles. The van der Waals surface area contributed by atoms with Gasteiger partial charge in [0.25, 0.3) is 5.91 Å². The number of amides is 1. The van der Waals surface area contributed by atoms with E-state index in [0.717, 1.165) is 13.1 Å². The zero-order valence-electron chi connectivity index (χ0n) is 10.2. The molecule has 0 bridgehead atoms. The fourth-order valence-corrected chi connectivity index (χ4v) is 2.16. The quantitative estimate of drug-likeness (QED) is 0.593. The predicted molar refractivity (Wildman–Crippen MR) is 66.3 cm³/mol. The molecule has 1 amide bonds. The van der Waals surface area contributed by atoms with E-state index in [1.807, 2.05) is 4.90 Å². The van der Waals surface area contributed by atoms with Crippen LogP contribution in [0.25, 0.3) is 0 Å². The average Bonchev–Trinajstić information content (AvgIpc) is 2.68. The molecule has 17 heavy (non-hydrogen) atoms. The summed E-state index contributed by atoms with van der Waals surface area (Å²) in [7, 11) is 0. The molecule has 2 atom stereocenters. The van der Waals surface area contributed by atoms with E-state index in [1.165, 1.54) is 0 Å². The molecule has 0 saturated carbocycles. The van der Waals surface area contributed by atoms with E-state index in [4.69, 9.17) is 5.84 Å². The number of hydrogen-bond donors (Lipinski definition) is 2. The molecule has 92 valence electrons. The minimum atomic E-state index is 0.00208. The first kappa shape index (κ1) is 11.9. The van der Waals surface area contributed by atoms with Crippen LogP contribution in [-0.2, 0) is 0 Å². The first-order chi connectivity index (χ1) is 8.13. The molecular weight excluding hydrogens is 216 g/mol. The standard InChI is InChI=1S/C12H18N4O/c1-8-6-16(7-9(8)2)12(17)10-4-3-5-14-11(10)15-13/h3-5,8-9H,6-7,13H2,1-2H3,(H,14,15). The molecule has 0 spiro atoms. The fourth-order valence-electron chi connectivity index (χ4n) is 2.16. The average molecular weight is 234 g/mol. The van der Waals surface area contributed by atoms with Crippen molar-refractivity contribution in [2.75, 3.05) is 18.5 Å². The van der Waals surface area contributed by atoms with Gasteiger partial charge >= 0.3 is 0 Å². The molecule has 1 fully saturated rings. The van der Waals surface area contributed by atoms with Crippen LogP contribution in [0.5, 0.6) is 0 Å². The molecule has 2 rings (SSSR count). The zero-order chi connectivity index (χ0) is 12.4. The number of anilines is 1. The summed E-state index contributed by atoms with van der Waals surface area (Å²) in [6, 6.07) is 3.50. The Hall–Kier alpha value is -1.62. The number of nitrogens with zero attached hydrogens (tertiary/aromatic N) is 2. The monoisotopic (exact) mass is 234 g/mol. The predicted octanol–water partition coefficient (Wildman–Crippen LogP) is 1.10. The Morgan fingerprint density at radius 3 is 2.71 bits per heavy atom. The Morgan fingerprint density at radius 2 is 2.12 bits per heavy atom. The van der Waals surface area contributed by atoms with Crippen LogP contribution in [0.1, 0.15) is 24.2 Å². The lowest BCUT2D eigenvalue weighted by atomic mass is 10.0. The van der Waals surface area contributed by atoms with Crippen molar-refractivity contribution in [1.29, 1.82) is 0 Å². The van der Waals surface area contributed by atoms with Gasteiger partial charge in [-0.15, -0.1) is 0 Å². The second-order valence-corrected chi connectivity index (χ2v) is 4.71. The van der Waals surface area contributed by atoms with E-state index in [1.54, 1.807) is 18.3 Å². The summed E-state index contributed by atoms with van der Waals surface area (Å²) in [6.45, 7) is 5.95. The van der Waals surface area contributed by atoms with Gasteiger partial charge < -0.3 is 10.3 Å². The van der Waals surface area contributed by atoms with Gasteiger partial charge in [0.1, 0.15) is 0 Å². The van der Waals surface area contributed by atoms with Crippen molar-refractivity contribution in [2.24, 2.45) is 17.7 Å². The van der Waals surface area contributed by atoms with E-state index < -0.39 is 0 Å². The largest absolute Gasteiger partial charge is 0.338 e. The van der Waals surface area contributed by atoms with Crippen LogP contribution < -0.4 is 11.3 Å². The Kier molecular flexibility index (Phi) is 3.28. The maximum Gasteiger partial charge on any atom is 0.257 e. The number of carbonyl (C=O) groups excluding carboxylic acids is 1. The molecule has 1 aromatic rings. The summed E-state index contributed by atoms with van der Waals surface area (Å²) in [5.41, 5.74) is 3.00. The first-order valence-corrected chi connectivity index (χ1v) is 5.84. The van der Waals surface area contributed by atoms with Gasteiger partial charge in [0.2, 0.25) is 0 Å². The summed E-state index contributed by atoms with van der Waals surface area (Å²) in [5, 5.41) is 0. The molecule has 5 nitrogen and oxygen atoms in total. The molecular formula is C12H18N4O. The molecule has 1 aliphatic heterocycles. The van der Waals surface area contributed by atoms with Crippen molar-refractivity contribution in [3.63, 3.8) is 0 Å². The third kappa shape index (κ3) is 2.24. The number of nitrogens with one attached hydrogen (secondary N) is 1. The topological polar surface area (TPSA) is 71.2 Å². The van der Waals surface area contributed by atoms with Gasteiger partial charge in [-0.25, -0.2) is 10.8 Å². The van der Waals surface area contributed by atoms with Crippen LogP contribution >= 0.6 is 0 Å². The molecule has 1 aliphatic rings. The highest BCUT2D eigenvalue weighted by molar-refractivity contribution is 5.98. The second kappa shape index (κ2) is 4.71. The van der Waals surface area contributed by atoms with Crippen molar-refractivity contribution < 1.29 is 4.79 Å². The summed E-state index contributed by atoms with van der Waals surface area (Å²) in [4.78, 5) is 18.2. The van der Waals surface area contributed by atoms with E-state index in [9.17, 15) is 4.79 Å². The summed E-state index contributed by atoms with van der Waals surface area (Å²) < 4.78 is 0. The second-order valence-electron chi connectivity index (χ2n) is 4.71. The summed E-state index contributed by atoms with van der Waals surface area (Å²) >= 11 is 0. The highest BCUT2D eigenvalue weighted by Crippen LogP contribution is 2.24. The van der Waals surface area contributed by atoms with Gasteiger partial charge in [0, 0.05) is 19.3 Å². The Bertz CT molecular complexity index is 411. The van der Waals surface area contributed by atoms with Crippen LogP contribution in [0.2, 0.25) is 0 Å². The number of carbonyl (C=O) groups is 1. The number of hydrazine groups is 1. The van der Waals surface area contributed by atoms with Crippen molar-refractivity contribution in [3.05, 3.63) is 23.9 Å². The Labute approximate surface area is 101 Å². The number of likely N-dealkylation sites (tertiary alicyclic amines) is 1. The van der Waals surface area contributed by atoms with Gasteiger partial charge in [-0.1, -0.05) is 13.8 Å². The van der Waals surface area contributed by atoms with Crippen molar-refractivity contribution in [1.82, 2.24) is 9.88 Å². The van der Waals surface area contributed by atoms with Crippen LogP contribution in [0.3, 0.4) is 0 Å². The van der Waals surface area contributed by atoms with Crippen LogP contribution in [0.15, 0.2) is 18.3 Å². The molecule has 2 unspecified atom stereocenters. The zero-order valence-corrected chi connectivity index (χ0v) is 10.2. The number of aromatic nitrogens is 1. The lowest BCUT2D eigenvalue weighted by Crippen LogP contribution is -2.30. The molecule has 3 N–H and O–H groups in total.